The van der Waals surface area contributed by atoms with Gasteiger partial charge in [0.15, 0.2) is 0 Å². The van der Waals surface area contributed by atoms with Crippen LogP contribution < -0.4 is 0 Å². The molecule has 10 atom stereocenters. The third-order valence-corrected chi connectivity index (χ3v) is 6.57. The smallest absolute Gasteiger partial charge is 0.113 e. The Morgan fingerprint density at radius 2 is 1.03 bits per heavy atom. The minimum Gasteiger partial charge on any atom is -0.394 e. The Kier molecular flexibility index (Phi) is 7.65. The Morgan fingerprint density at radius 3 is 1.53 bits per heavy atom. The summed E-state index contributed by atoms with van der Waals surface area (Å²) in [4.78, 5) is 0. The normalized spacial score (nSPS) is 38.6. The molecule has 34 heavy (non-hydrogen) atoms. The van der Waals surface area contributed by atoms with Gasteiger partial charge in [0.05, 0.1) is 13.2 Å². The van der Waals surface area contributed by atoms with Gasteiger partial charge in [-0.15, -0.1) is 0 Å². The Morgan fingerprint density at radius 1 is 0.529 bits per heavy atom. The fourth-order valence-corrected chi connectivity index (χ4v) is 4.51. The molecule has 8 N–H and O–H groups in total. The van der Waals surface area contributed by atoms with Crippen LogP contribution >= 0.6 is 0 Å². The molecule has 186 valence electrons. The van der Waals surface area contributed by atoms with Crippen LogP contribution in [0.1, 0.15) is 23.3 Å². The van der Waals surface area contributed by atoms with Gasteiger partial charge in [0.2, 0.25) is 0 Å². The fourth-order valence-electron chi connectivity index (χ4n) is 4.51. The second kappa shape index (κ2) is 10.3. The van der Waals surface area contributed by atoms with Crippen molar-refractivity contribution in [1.29, 1.82) is 0 Å². The highest BCUT2D eigenvalue weighted by atomic mass is 16.6. The summed E-state index contributed by atoms with van der Waals surface area (Å²) in [6.45, 7) is -1.02. The molecule has 10 heteroatoms. The molecule has 0 saturated carbocycles. The van der Waals surface area contributed by atoms with E-state index in [1.54, 1.807) is 42.5 Å². The van der Waals surface area contributed by atoms with E-state index in [4.69, 9.17) is 9.47 Å². The van der Waals surface area contributed by atoms with E-state index in [1.807, 2.05) is 6.07 Å². The van der Waals surface area contributed by atoms with Crippen LogP contribution in [-0.4, -0.2) is 103 Å². The Balaban J connectivity index is 1.56. The molecule has 0 amide bonds. The molecule has 10 nitrogen and oxygen atoms in total. The summed E-state index contributed by atoms with van der Waals surface area (Å²) in [7, 11) is 0. The van der Waals surface area contributed by atoms with E-state index in [2.05, 4.69) is 0 Å². The number of hydrogen-bond donors (Lipinski definition) is 8. The van der Waals surface area contributed by atoms with E-state index >= 15 is 0 Å². The summed E-state index contributed by atoms with van der Waals surface area (Å²) >= 11 is 0. The zero-order chi connectivity index (χ0) is 24.6. The highest BCUT2D eigenvalue weighted by Gasteiger charge is 2.45. The Labute approximate surface area is 195 Å². The summed E-state index contributed by atoms with van der Waals surface area (Å²) in [6.07, 6.45) is -12.5. The van der Waals surface area contributed by atoms with Gasteiger partial charge in [-0.3, -0.25) is 0 Å². The topological polar surface area (TPSA) is 180 Å². The van der Waals surface area contributed by atoms with Crippen LogP contribution in [0.3, 0.4) is 0 Å². The zero-order valence-electron chi connectivity index (χ0n) is 18.2. The molecule has 2 aliphatic rings. The van der Waals surface area contributed by atoms with Crippen LogP contribution in [0.15, 0.2) is 48.5 Å². The Bertz CT molecular complexity index is 949. The fraction of sp³-hybridized carbons (Fsp3) is 0.500. The minimum atomic E-state index is -1.47. The molecular formula is C24H30O10. The van der Waals surface area contributed by atoms with Crippen molar-refractivity contribution in [2.45, 2.75) is 61.0 Å². The van der Waals surface area contributed by atoms with Crippen molar-refractivity contribution in [3.63, 3.8) is 0 Å². The molecule has 2 heterocycles. The average Bonchev–Trinajstić information content (AvgIpc) is 2.86. The van der Waals surface area contributed by atoms with Crippen LogP contribution in [0.2, 0.25) is 0 Å². The molecule has 2 aromatic carbocycles. The van der Waals surface area contributed by atoms with Crippen LogP contribution in [0.25, 0.3) is 11.1 Å². The summed E-state index contributed by atoms with van der Waals surface area (Å²) in [5.41, 5.74) is 2.63. The van der Waals surface area contributed by atoms with E-state index in [1.165, 1.54) is 0 Å². The second-order valence-corrected chi connectivity index (χ2v) is 8.75. The Hall–Kier alpha value is -1.96. The van der Waals surface area contributed by atoms with Crippen LogP contribution in [0, 0.1) is 0 Å². The number of aliphatic hydroxyl groups is 8. The molecular weight excluding hydrogens is 448 g/mol. The zero-order valence-corrected chi connectivity index (χ0v) is 18.2. The van der Waals surface area contributed by atoms with Crippen molar-refractivity contribution >= 4 is 0 Å². The quantitative estimate of drug-likeness (QED) is 0.249. The lowest BCUT2D eigenvalue weighted by Gasteiger charge is -2.40. The summed E-state index contributed by atoms with van der Waals surface area (Å²) < 4.78 is 11.2. The maximum Gasteiger partial charge on any atom is 0.113 e. The molecule has 2 fully saturated rings. The van der Waals surface area contributed by atoms with E-state index < -0.39 is 74.3 Å². The first-order valence-corrected chi connectivity index (χ1v) is 11.1. The molecule has 2 saturated heterocycles. The molecule has 0 radical (unpaired) electrons. The van der Waals surface area contributed by atoms with Gasteiger partial charge in [0, 0.05) is 0 Å². The largest absolute Gasteiger partial charge is 0.394 e. The lowest BCUT2D eigenvalue weighted by Crippen LogP contribution is -2.55. The van der Waals surface area contributed by atoms with Crippen molar-refractivity contribution in [3.05, 3.63) is 59.7 Å². The van der Waals surface area contributed by atoms with Gasteiger partial charge in [-0.05, 0) is 28.3 Å². The summed E-state index contributed by atoms with van der Waals surface area (Å²) in [6, 6.07) is 14.0. The van der Waals surface area contributed by atoms with Gasteiger partial charge >= 0.3 is 0 Å². The standard InChI is InChI=1S/C24H30O10/c25-9-15-17(27)19(29)21(31)23(33-15)12-6-4-11(5-7-12)13-2-1-3-14(8-13)24-22(32)20(30)18(28)16(10-26)34-24/h1-8,15-32H,9-10H2/t15-,16-,17-,18-,19+,20+,21+,22+,23-,24-/m1/s1. The van der Waals surface area contributed by atoms with E-state index in [-0.39, 0.29) is 0 Å². The van der Waals surface area contributed by atoms with Crippen LogP contribution in [-0.2, 0) is 9.47 Å². The third-order valence-electron chi connectivity index (χ3n) is 6.57. The van der Waals surface area contributed by atoms with E-state index in [0.29, 0.717) is 11.1 Å². The first-order valence-electron chi connectivity index (χ1n) is 11.1. The monoisotopic (exact) mass is 478 g/mol. The van der Waals surface area contributed by atoms with Crippen molar-refractivity contribution in [2.24, 2.45) is 0 Å². The molecule has 0 aromatic heterocycles. The van der Waals surface area contributed by atoms with E-state index in [9.17, 15) is 40.9 Å². The lowest BCUT2D eigenvalue weighted by molar-refractivity contribution is -0.231. The van der Waals surface area contributed by atoms with Crippen molar-refractivity contribution in [1.82, 2.24) is 0 Å². The van der Waals surface area contributed by atoms with Gasteiger partial charge in [-0.1, -0.05) is 42.5 Å². The first kappa shape index (κ1) is 25.1. The average molecular weight is 478 g/mol. The second-order valence-electron chi connectivity index (χ2n) is 8.75. The number of hydrogen-bond acceptors (Lipinski definition) is 10. The first-order chi connectivity index (χ1) is 16.3. The number of ether oxygens (including phenoxy) is 2. The molecule has 0 unspecified atom stereocenters. The molecule has 0 bridgehead atoms. The van der Waals surface area contributed by atoms with E-state index in [0.717, 1.165) is 11.1 Å². The molecule has 2 aliphatic heterocycles. The van der Waals surface area contributed by atoms with Crippen molar-refractivity contribution in [3.8, 4) is 11.1 Å². The van der Waals surface area contributed by atoms with Gasteiger partial charge in [-0.2, -0.15) is 0 Å². The molecule has 2 aromatic rings. The summed E-state index contributed by atoms with van der Waals surface area (Å²) in [5, 5.41) is 79.7. The van der Waals surface area contributed by atoms with Crippen LogP contribution in [0.5, 0.6) is 0 Å². The van der Waals surface area contributed by atoms with Crippen LogP contribution in [0.4, 0.5) is 0 Å². The molecule has 0 aliphatic carbocycles. The maximum absolute atomic E-state index is 10.4. The van der Waals surface area contributed by atoms with Crippen molar-refractivity contribution < 1.29 is 50.3 Å². The van der Waals surface area contributed by atoms with Gasteiger partial charge in [-0.25, -0.2) is 0 Å². The lowest BCUT2D eigenvalue weighted by atomic mass is 9.89. The molecule has 0 spiro atoms. The number of rotatable bonds is 5. The highest BCUT2D eigenvalue weighted by molar-refractivity contribution is 5.64. The highest BCUT2D eigenvalue weighted by Crippen LogP contribution is 2.36. The SMILES string of the molecule is OC[C@H]1O[C@H](c2ccc(-c3cccc([C@H]4O[C@H](CO)[C@@H](O)[C@H](O)[C@@H]4O)c3)cc2)[C@@H](O)[C@@H](O)[C@@H]1O. The third kappa shape index (κ3) is 4.62. The predicted octanol–water partition coefficient (Wildman–Crippen LogP) is -1.62. The number of aliphatic hydroxyl groups excluding tert-OH is 8. The summed E-state index contributed by atoms with van der Waals surface area (Å²) in [5.74, 6) is 0. The molecule has 4 rings (SSSR count). The minimum absolute atomic E-state index is 0.510. The van der Waals surface area contributed by atoms with Gasteiger partial charge < -0.3 is 50.3 Å². The van der Waals surface area contributed by atoms with Crippen molar-refractivity contribution in [2.75, 3.05) is 13.2 Å². The van der Waals surface area contributed by atoms with Gasteiger partial charge in [0.25, 0.3) is 0 Å². The van der Waals surface area contributed by atoms with Gasteiger partial charge in [0.1, 0.15) is 61.0 Å². The predicted molar refractivity (Wildman–Crippen MR) is 117 cm³/mol. The number of benzene rings is 2. The maximum atomic E-state index is 10.4.